The normalized spacial score (nSPS) is 32.6. The molecular formula is C11H20O2. The van der Waals surface area contributed by atoms with Crippen molar-refractivity contribution in [3.63, 3.8) is 0 Å². The fourth-order valence-electron chi connectivity index (χ4n) is 2.61. The lowest BCUT2D eigenvalue weighted by molar-refractivity contribution is -0.156. The van der Waals surface area contributed by atoms with E-state index in [4.69, 9.17) is 4.74 Å². The quantitative estimate of drug-likeness (QED) is 0.586. The highest BCUT2D eigenvalue weighted by atomic mass is 16.5. The van der Waals surface area contributed by atoms with Crippen LogP contribution in [0, 0.1) is 10.8 Å². The summed E-state index contributed by atoms with van der Waals surface area (Å²) in [5.74, 6) is -0.0414. The highest BCUT2D eigenvalue weighted by molar-refractivity contribution is 5.76. The highest BCUT2D eigenvalue weighted by Crippen LogP contribution is 2.46. The Bertz CT molecular complexity index is 208. The summed E-state index contributed by atoms with van der Waals surface area (Å²) in [6.45, 7) is 6.49. The molecule has 2 heteroatoms. The van der Waals surface area contributed by atoms with Crippen LogP contribution < -0.4 is 0 Å². The summed E-state index contributed by atoms with van der Waals surface area (Å²) in [6, 6.07) is 0. The first-order chi connectivity index (χ1) is 5.90. The molecule has 0 amide bonds. The first kappa shape index (κ1) is 10.6. The van der Waals surface area contributed by atoms with Gasteiger partial charge in [-0.2, -0.15) is 0 Å². The average molecular weight is 184 g/mol. The zero-order chi connectivity index (χ0) is 10.1. The van der Waals surface area contributed by atoms with Gasteiger partial charge in [0.1, 0.15) is 0 Å². The van der Waals surface area contributed by atoms with Crippen molar-refractivity contribution in [3.05, 3.63) is 0 Å². The lowest BCUT2D eigenvalue weighted by atomic mass is 9.64. The highest BCUT2D eigenvalue weighted by Gasteiger charge is 2.42. The van der Waals surface area contributed by atoms with Crippen molar-refractivity contribution in [2.24, 2.45) is 10.8 Å². The molecule has 76 valence electrons. The van der Waals surface area contributed by atoms with Crippen LogP contribution in [0.15, 0.2) is 0 Å². The maximum absolute atomic E-state index is 11.6. The molecule has 2 nitrogen and oxygen atoms in total. The predicted molar refractivity (Wildman–Crippen MR) is 52.4 cm³/mol. The van der Waals surface area contributed by atoms with Gasteiger partial charge in [0, 0.05) is 0 Å². The summed E-state index contributed by atoms with van der Waals surface area (Å²) >= 11 is 0. The second kappa shape index (κ2) is 3.32. The van der Waals surface area contributed by atoms with Crippen LogP contribution in [0.2, 0.25) is 0 Å². The number of carbonyl (C=O) groups excluding carboxylic acids is 1. The van der Waals surface area contributed by atoms with E-state index in [1.54, 1.807) is 0 Å². The number of ether oxygens (including phenoxy) is 1. The number of methoxy groups -OCH3 is 1. The van der Waals surface area contributed by atoms with Gasteiger partial charge in [0.05, 0.1) is 12.5 Å². The number of hydrogen-bond donors (Lipinski definition) is 0. The Hall–Kier alpha value is -0.530. The van der Waals surface area contributed by atoms with Crippen molar-refractivity contribution in [3.8, 4) is 0 Å². The molecule has 0 bridgehead atoms. The average Bonchev–Trinajstić information content (AvgIpc) is 2.00. The fourth-order valence-corrected chi connectivity index (χ4v) is 2.61. The third-order valence-electron chi connectivity index (χ3n) is 3.13. The monoisotopic (exact) mass is 184 g/mol. The molecule has 1 aliphatic carbocycles. The lowest BCUT2D eigenvalue weighted by Crippen LogP contribution is -2.37. The predicted octanol–water partition coefficient (Wildman–Crippen LogP) is 2.77. The Labute approximate surface area is 80.7 Å². The molecule has 0 spiro atoms. The molecule has 0 aromatic rings. The second-order valence-electron chi connectivity index (χ2n) is 5.25. The maximum atomic E-state index is 11.6. The molecule has 0 N–H and O–H groups in total. The van der Waals surface area contributed by atoms with Gasteiger partial charge in [0.25, 0.3) is 0 Å². The topological polar surface area (TPSA) is 26.3 Å². The van der Waals surface area contributed by atoms with Crippen molar-refractivity contribution in [2.75, 3.05) is 7.11 Å². The van der Waals surface area contributed by atoms with Crippen LogP contribution in [0.4, 0.5) is 0 Å². The zero-order valence-corrected chi connectivity index (χ0v) is 9.14. The summed E-state index contributed by atoms with van der Waals surface area (Å²) in [4.78, 5) is 11.6. The van der Waals surface area contributed by atoms with E-state index in [9.17, 15) is 4.79 Å². The van der Waals surface area contributed by atoms with Crippen molar-refractivity contribution >= 4 is 5.97 Å². The van der Waals surface area contributed by atoms with Gasteiger partial charge >= 0.3 is 5.97 Å². The Morgan fingerprint density at radius 2 is 1.85 bits per heavy atom. The van der Waals surface area contributed by atoms with E-state index in [0.717, 1.165) is 19.3 Å². The van der Waals surface area contributed by atoms with Crippen LogP contribution in [0.1, 0.15) is 46.5 Å². The molecule has 1 unspecified atom stereocenters. The minimum atomic E-state index is -0.240. The van der Waals surface area contributed by atoms with Crippen LogP contribution in [0.5, 0.6) is 0 Å². The van der Waals surface area contributed by atoms with Gasteiger partial charge in [-0.05, 0) is 31.6 Å². The Kier molecular flexibility index (Phi) is 2.69. The summed E-state index contributed by atoms with van der Waals surface area (Å²) in [5.41, 5.74) is 0.0533. The van der Waals surface area contributed by atoms with Crippen LogP contribution in [0.3, 0.4) is 0 Å². The van der Waals surface area contributed by atoms with Gasteiger partial charge in [-0.15, -0.1) is 0 Å². The van der Waals surface area contributed by atoms with Gasteiger partial charge in [-0.1, -0.05) is 20.3 Å². The van der Waals surface area contributed by atoms with Crippen LogP contribution in [-0.4, -0.2) is 13.1 Å². The molecule has 1 saturated carbocycles. The van der Waals surface area contributed by atoms with Gasteiger partial charge in [0.15, 0.2) is 0 Å². The maximum Gasteiger partial charge on any atom is 0.311 e. The lowest BCUT2D eigenvalue weighted by Gasteiger charge is -2.40. The van der Waals surface area contributed by atoms with Crippen molar-refractivity contribution < 1.29 is 9.53 Å². The summed E-state index contributed by atoms with van der Waals surface area (Å²) < 4.78 is 4.85. The summed E-state index contributed by atoms with van der Waals surface area (Å²) in [6.07, 6.45) is 4.29. The van der Waals surface area contributed by atoms with E-state index >= 15 is 0 Å². The molecule has 1 aliphatic rings. The van der Waals surface area contributed by atoms with E-state index < -0.39 is 0 Å². The molecule has 0 aromatic carbocycles. The Morgan fingerprint density at radius 3 is 2.31 bits per heavy atom. The molecule has 1 fully saturated rings. The third kappa shape index (κ3) is 2.23. The fraction of sp³-hybridized carbons (Fsp3) is 0.909. The number of esters is 1. The summed E-state index contributed by atoms with van der Waals surface area (Å²) in [7, 11) is 1.48. The van der Waals surface area contributed by atoms with Gasteiger partial charge in [0.2, 0.25) is 0 Å². The van der Waals surface area contributed by atoms with E-state index in [1.807, 2.05) is 6.92 Å². The molecule has 0 radical (unpaired) electrons. The first-order valence-corrected chi connectivity index (χ1v) is 4.98. The molecular weight excluding hydrogens is 164 g/mol. The number of rotatable bonds is 1. The van der Waals surface area contributed by atoms with Crippen molar-refractivity contribution in [2.45, 2.75) is 46.5 Å². The molecule has 0 heterocycles. The third-order valence-corrected chi connectivity index (χ3v) is 3.13. The Morgan fingerprint density at radius 1 is 1.23 bits per heavy atom. The number of hydrogen-bond acceptors (Lipinski definition) is 2. The van der Waals surface area contributed by atoms with Crippen LogP contribution >= 0.6 is 0 Å². The Balaban J connectivity index is 2.74. The molecule has 1 atom stereocenters. The largest absolute Gasteiger partial charge is 0.469 e. The van der Waals surface area contributed by atoms with Gasteiger partial charge in [-0.3, -0.25) is 4.79 Å². The van der Waals surface area contributed by atoms with E-state index in [1.165, 1.54) is 13.5 Å². The van der Waals surface area contributed by atoms with Crippen molar-refractivity contribution in [1.82, 2.24) is 0 Å². The standard InChI is InChI=1S/C11H20O2/c1-10(2)6-5-7-11(3,8-10)9(12)13-4/h5-8H2,1-4H3. The molecule has 13 heavy (non-hydrogen) atoms. The molecule has 0 aromatic heterocycles. The second-order valence-corrected chi connectivity index (χ2v) is 5.25. The summed E-state index contributed by atoms with van der Waals surface area (Å²) in [5, 5.41) is 0. The molecule has 1 rings (SSSR count). The van der Waals surface area contributed by atoms with Crippen LogP contribution in [-0.2, 0) is 9.53 Å². The van der Waals surface area contributed by atoms with E-state index in [0.29, 0.717) is 5.41 Å². The van der Waals surface area contributed by atoms with Crippen LogP contribution in [0.25, 0.3) is 0 Å². The minimum Gasteiger partial charge on any atom is -0.469 e. The van der Waals surface area contributed by atoms with E-state index in [-0.39, 0.29) is 11.4 Å². The van der Waals surface area contributed by atoms with Gasteiger partial charge in [-0.25, -0.2) is 0 Å². The van der Waals surface area contributed by atoms with E-state index in [2.05, 4.69) is 13.8 Å². The SMILES string of the molecule is COC(=O)C1(C)CCCC(C)(C)C1. The minimum absolute atomic E-state index is 0.0414. The zero-order valence-electron chi connectivity index (χ0n) is 9.14. The first-order valence-electron chi connectivity index (χ1n) is 4.98. The smallest absolute Gasteiger partial charge is 0.311 e. The molecule has 0 saturated heterocycles. The van der Waals surface area contributed by atoms with Gasteiger partial charge < -0.3 is 4.74 Å². The molecule has 0 aliphatic heterocycles. The number of carbonyl (C=O) groups is 1. The van der Waals surface area contributed by atoms with Crippen molar-refractivity contribution in [1.29, 1.82) is 0 Å².